The lowest BCUT2D eigenvalue weighted by Gasteiger charge is -2.28. The molecule has 1 aromatic carbocycles. The first-order valence-electron chi connectivity index (χ1n) is 5.61. The average Bonchev–Trinajstić information content (AvgIpc) is 2.27. The Kier molecular flexibility index (Phi) is 4.93. The summed E-state index contributed by atoms with van der Waals surface area (Å²) in [6, 6.07) is 7.90. The molecule has 0 aliphatic carbocycles. The molecule has 0 aromatic heterocycles. The molecule has 1 unspecified atom stereocenters. The standard InChI is InChI=1S/C13H21NO2/c1-11-4-6-12(7-5-11)13(15,10-16-2)8-3-9-14/h4-7,15H,3,8-10,14H2,1-2H3. The molecule has 16 heavy (non-hydrogen) atoms. The van der Waals surface area contributed by atoms with Gasteiger partial charge in [0.2, 0.25) is 0 Å². The Balaban J connectivity index is 2.86. The Morgan fingerprint density at radius 1 is 1.31 bits per heavy atom. The van der Waals surface area contributed by atoms with Crippen LogP contribution in [0.3, 0.4) is 0 Å². The number of aliphatic hydroxyl groups is 1. The van der Waals surface area contributed by atoms with Gasteiger partial charge in [0.1, 0.15) is 5.60 Å². The van der Waals surface area contributed by atoms with Gasteiger partial charge in [0.05, 0.1) is 6.61 Å². The van der Waals surface area contributed by atoms with E-state index in [1.807, 2.05) is 31.2 Å². The van der Waals surface area contributed by atoms with Gasteiger partial charge in [-0.15, -0.1) is 0 Å². The van der Waals surface area contributed by atoms with Gasteiger partial charge in [-0.2, -0.15) is 0 Å². The minimum absolute atomic E-state index is 0.302. The molecule has 0 aliphatic heterocycles. The van der Waals surface area contributed by atoms with Crippen LogP contribution in [0.4, 0.5) is 0 Å². The molecule has 0 heterocycles. The largest absolute Gasteiger partial charge is 0.383 e. The van der Waals surface area contributed by atoms with Crippen molar-refractivity contribution < 1.29 is 9.84 Å². The predicted molar refractivity (Wildman–Crippen MR) is 65.2 cm³/mol. The van der Waals surface area contributed by atoms with Crippen molar-refractivity contribution in [3.05, 3.63) is 35.4 Å². The van der Waals surface area contributed by atoms with E-state index < -0.39 is 5.60 Å². The Morgan fingerprint density at radius 3 is 2.44 bits per heavy atom. The molecule has 3 heteroatoms. The molecule has 0 saturated heterocycles. The summed E-state index contributed by atoms with van der Waals surface area (Å²) in [5.41, 5.74) is 6.65. The lowest BCUT2D eigenvalue weighted by atomic mass is 9.89. The second-order valence-electron chi connectivity index (χ2n) is 4.22. The number of hydrogen-bond acceptors (Lipinski definition) is 3. The van der Waals surface area contributed by atoms with E-state index in [1.165, 1.54) is 5.56 Å². The normalized spacial score (nSPS) is 14.8. The van der Waals surface area contributed by atoms with Crippen molar-refractivity contribution in [3.63, 3.8) is 0 Å². The van der Waals surface area contributed by atoms with Gasteiger partial charge in [-0.05, 0) is 31.9 Å². The van der Waals surface area contributed by atoms with E-state index >= 15 is 0 Å². The van der Waals surface area contributed by atoms with Crippen LogP contribution in [0.25, 0.3) is 0 Å². The summed E-state index contributed by atoms with van der Waals surface area (Å²) in [5, 5.41) is 10.5. The highest BCUT2D eigenvalue weighted by molar-refractivity contribution is 5.26. The summed E-state index contributed by atoms with van der Waals surface area (Å²) >= 11 is 0. The smallest absolute Gasteiger partial charge is 0.113 e. The van der Waals surface area contributed by atoms with E-state index in [9.17, 15) is 5.11 Å². The molecule has 0 amide bonds. The van der Waals surface area contributed by atoms with Crippen LogP contribution in [0.2, 0.25) is 0 Å². The molecule has 1 rings (SSSR count). The quantitative estimate of drug-likeness (QED) is 0.769. The number of benzene rings is 1. The second kappa shape index (κ2) is 5.99. The SMILES string of the molecule is COCC(O)(CCCN)c1ccc(C)cc1. The second-order valence-corrected chi connectivity index (χ2v) is 4.22. The lowest BCUT2D eigenvalue weighted by molar-refractivity contribution is -0.0429. The monoisotopic (exact) mass is 223 g/mol. The summed E-state index contributed by atoms with van der Waals surface area (Å²) in [4.78, 5) is 0. The maximum Gasteiger partial charge on any atom is 0.113 e. The fourth-order valence-corrected chi connectivity index (χ4v) is 1.80. The van der Waals surface area contributed by atoms with Crippen LogP contribution in [0, 0.1) is 6.92 Å². The van der Waals surface area contributed by atoms with Gasteiger partial charge in [-0.25, -0.2) is 0 Å². The molecule has 0 aliphatic rings. The number of nitrogens with two attached hydrogens (primary N) is 1. The van der Waals surface area contributed by atoms with Gasteiger partial charge in [-0.3, -0.25) is 0 Å². The zero-order valence-electron chi connectivity index (χ0n) is 10.1. The van der Waals surface area contributed by atoms with Crippen molar-refractivity contribution in [1.82, 2.24) is 0 Å². The fraction of sp³-hybridized carbons (Fsp3) is 0.538. The first-order valence-corrected chi connectivity index (χ1v) is 5.61. The summed E-state index contributed by atoms with van der Waals surface area (Å²) < 4.78 is 5.10. The van der Waals surface area contributed by atoms with E-state index in [0.29, 0.717) is 19.6 Å². The summed E-state index contributed by atoms with van der Waals surface area (Å²) in [7, 11) is 1.60. The topological polar surface area (TPSA) is 55.5 Å². The average molecular weight is 223 g/mol. The van der Waals surface area contributed by atoms with Crippen LogP contribution in [0.5, 0.6) is 0 Å². The van der Waals surface area contributed by atoms with E-state index in [1.54, 1.807) is 7.11 Å². The highest BCUT2D eigenvalue weighted by Crippen LogP contribution is 2.26. The van der Waals surface area contributed by atoms with Crippen molar-refractivity contribution in [2.75, 3.05) is 20.3 Å². The Bertz CT molecular complexity index is 310. The first kappa shape index (κ1) is 13.2. The van der Waals surface area contributed by atoms with Gasteiger partial charge in [0.25, 0.3) is 0 Å². The fourth-order valence-electron chi connectivity index (χ4n) is 1.80. The predicted octanol–water partition coefficient (Wildman–Crippen LogP) is 1.57. The molecular formula is C13H21NO2. The van der Waals surface area contributed by atoms with Crippen molar-refractivity contribution in [2.45, 2.75) is 25.4 Å². The van der Waals surface area contributed by atoms with Crippen molar-refractivity contribution in [3.8, 4) is 0 Å². The van der Waals surface area contributed by atoms with Crippen molar-refractivity contribution >= 4 is 0 Å². The van der Waals surface area contributed by atoms with Gasteiger partial charge >= 0.3 is 0 Å². The molecule has 3 nitrogen and oxygen atoms in total. The van der Waals surface area contributed by atoms with Crippen LogP contribution >= 0.6 is 0 Å². The Morgan fingerprint density at radius 2 is 1.94 bits per heavy atom. The first-order chi connectivity index (χ1) is 7.62. The Hall–Kier alpha value is -0.900. The zero-order chi connectivity index (χ0) is 12.0. The molecule has 0 radical (unpaired) electrons. The minimum Gasteiger partial charge on any atom is -0.383 e. The van der Waals surface area contributed by atoms with Gasteiger partial charge in [0.15, 0.2) is 0 Å². The van der Waals surface area contributed by atoms with E-state index in [4.69, 9.17) is 10.5 Å². The van der Waals surface area contributed by atoms with Gasteiger partial charge in [0, 0.05) is 7.11 Å². The molecule has 0 spiro atoms. The molecule has 90 valence electrons. The van der Waals surface area contributed by atoms with Crippen LogP contribution in [-0.2, 0) is 10.3 Å². The van der Waals surface area contributed by atoms with Crippen LogP contribution in [-0.4, -0.2) is 25.4 Å². The van der Waals surface area contributed by atoms with Crippen LogP contribution in [0.1, 0.15) is 24.0 Å². The third-order valence-corrected chi connectivity index (χ3v) is 2.77. The maximum absolute atomic E-state index is 10.5. The number of methoxy groups -OCH3 is 1. The maximum atomic E-state index is 10.5. The minimum atomic E-state index is -0.915. The molecule has 1 aromatic rings. The lowest BCUT2D eigenvalue weighted by Crippen LogP contribution is -2.32. The van der Waals surface area contributed by atoms with E-state index in [0.717, 1.165) is 12.0 Å². The van der Waals surface area contributed by atoms with Gasteiger partial charge < -0.3 is 15.6 Å². The van der Waals surface area contributed by atoms with Crippen LogP contribution < -0.4 is 5.73 Å². The molecule has 0 saturated carbocycles. The van der Waals surface area contributed by atoms with Crippen LogP contribution in [0.15, 0.2) is 24.3 Å². The molecule has 1 atom stereocenters. The highest BCUT2D eigenvalue weighted by atomic mass is 16.5. The Labute approximate surface area is 97.2 Å². The third kappa shape index (κ3) is 3.30. The zero-order valence-corrected chi connectivity index (χ0v) is 10.1. The van der Waals surface area contributed by atoms with E-state index in [2.05, 4.69) is 0 Å². The van der Waals surface area contributed by atoms with E-state index in [-0.39, 0.29) is 0 Å². The number of ether oxygens (including phenoxy) is 1. The third-order valence-electron chi connectivity index (χ3n) is 2.77. The van der Waals surface area contributed by atoms with Crippen molar-refractivity contribution in [1.29, 1.82) is 0 Å². The molecule has 3 N–H and O–H groups in total. The number of aryl methyl sites for hydroxylation is 1. The van der Waals surface area contributed by atoms with Crippen molar-refractivity contribution in [2.24, 2.45) is 5.73 Å². The highest BCUT2D eigenvalue weighted by Gasteiger charge is 2.28. The molecule has 0 bridgehead atoms. The summed E-state index contributed by atoms with van der Waals surface area (Å²) in [5.74, 6) is 0. The molecule has 0 fully saturated rings. The molecular weight excluding hydrogens is 202 g/mol. The summed E-state index contributed by atoms with van der Waals surface area (Å²) in [6.07, 6.45) is 1.41. The number of rotatable bonds is 6. The summed E-state index contributed by atoms with van der Waals surface area (Å²) in [6.45, 7) is 2.91. The van der Waals surface area contributed by atoms with Gasteiger partial charge in [-0.1, -0.05) is 29.8 Å². The number of hydrogen-bond donors (Lipinski definition) is 2.